The molecular formula is C11H14BrN3O2. The lowest BCUT2D eigenvalue weighted by Gasteiger charge is -2.28. The topological polar surface area (TPSA) is 54.5 Å². The van der Waals surface area contributed by atoms with Crippen LogP contribution in [0.4, 0.5) is 5.82 Å². The van der Waals surface area contributed by atoms with Gasteiger partial charge in [0.15, 0.2) is 0 Å². The maximum absolute atomic E-state index is 11.6. The molecule has 0 atom stereocenters. The third kappa shape index (κ3) is 2.76. The summed E-state index contributed by atoms with van der Waals surface area (Å²) in [6.45, 7) is 3.67. The van der Waals surface area contributed by atoms with Gasteiger partial charge in [0.25, 0.3) is 0 Å². The summed E-state index contributed by atoms with van der Waals surface area (Å²) in [5.41, 5.74) is 0.510. The van der Waals surface area contributed by atoms with Gasteiger partial charge in [-0.3, -0.25) is 0 Å². The zero-order valence-corrected chi connectivity index (χ0v) is 11.2. The molecule has 0 spiro atoms. The minimum atomic E-state index is -0.351. The smallest absolute Gasteiger partial charge is 0.339 e. The van der Waals surface area contributed by atoms with Crippen LogP contribution >= 0.6 is 15.9 Å². The van der Waals surface area contributed by atoms with Crippen molar-refractivity contribution < 1.29 is 9.53 Å². The monoisotopic (exact) mass is 299 g/mol. The van der Waals surface area contributed by atoms with E-state index in [1.165, 1.54) is 7.11 Å². The number of methoxy groups -OCH3 is 1. The third-order valence-electron chi connectivity index (χ3n) is 2.69. The summed E-state index contributed by atoms with van der Waals surface area (Å²) >= 11 is 3.30. The summed E-state index contributed by atoms with van der Waals surface area (Å²) in [6, 6.07) is 1.77. The summed E-state index contributed by atoms with van der Waals surface area (Å²) in [5, 5.41) is 3.27. The van der Waals surface area contributed by atoms with Gasteiger partial charge in [0, 0.05) is 32.4 Å². The number of rotatable bonds is 2. The minimum Gasteiger partial charge on any atom is -0.465 e. The van der Waals surface area contributed by atoms with Crippen LogP contribution in [-0.4, -0.2) is 44.2 Å². The molecule has 2 heterocycles. The lowest BCUT2D eigenvalue weighted by molar-refractivity contribution is 0.0599. The number of carbonyl (C=O) groups is 1. The van der Waals surface area contributed by atoms with Crippen LogP contribution < -0.4 is 10.2 Å². The van der Waals surface area contributed by atoms with E-state index >= 15 is 0 Å². The summed E-state index contributed by atoms with van der Waals surface area (Å²) in [5.74, 6) is 0.464. The molecule has 0 bridgehead atoms. The number of nitrogens with zero attached hydrogens (tertiary/aromatic N) is 2. The molecule has 1 aliphatic heterocycles. The molecule has 5 nitrogen and oxygen atoms in total. The first-order valence-electron chi connectivity index (χ1n) is 5.42. The fraction of sp³-hybridized carbons (Fsp3) is 0.455. The van der Waals surface area contributed by atoms with Crippen molar-refractivity contribution in [1.82, 2.24) is 10.3 Å². The van der Waals surface area contributed by atoms with Gasteiger partial charge in [-0.1, -0.05) is 0 Å². The Morgan fingerprint density at radius 1 is 1.53 bits per heavy atom. The van der Waals surface area contributed by atoms with Gasteiger partial charge in [0.2, 0.25) is 0 Å². The second-order valence-corrected chi connectivity index (χ2v) is 4.61. The molecule has 6 heteroatoms. The number of nitrogens with one attached hydrogen (secondary N) is 1. The largest absolute Gasteiger partial charge is 0.465 e. The highest BCUT2D eigenvalue weighted by Crippen LogP contribution is 2.21. The highest BCUT2D eigenvalue weighted by Gasteiger charge is 2.16. The van der Waals surface area contributed by atoms with Crippen LogP contribution in [0.25, 0.3) is 0 Å². The van der Waals surface area contributed by atoms with Gasteiger partial charge in [-0.25, -0.2) is 9.78 Å². The third-order valence-corrected chi connectivity index (χ3v) is 3.32. The van der Waals surface area contributed by atoms with Crippen molar-refractivity contribution in [1.29, 1.82) is 0 Å². The van der Waals surface area contributed by atoms with Crippen LogP contribution in [0.1, 0.15) is 10.4 Å². The molecule has 0 radical (unpaired) electrons. The average Bonchev–Trinajstić information content (AvgIpc) is 2.39. The van der Waals surface area contributed by atoms with Crippen LogP contribution in [0, 0.1) is 0 Å². The molecule has 2 rings (SSSR count). The predicted octanol–water partition coefficient (Wildman–Crippen LogP) is 1.04. The van der Waals surface area contributed by atoms with E-state index in [2.05, 4.69) is 31.1 Å². The molecular weight excluding hydrogens is 286 g/mol. The van der Waals surface area contributed by atoms with Crippen LogP contribution in [-0.2, 0) is 4.74 Å². The first kappa shape index (κ1) is 12.3. The van der Waals surface area contributed by atoms with Crippen LogP contribution in [0.2, 0.25) is 0 Å². The number of hydrogen-bond acceptors (Lipinski definition) is 5. The van der Waals surface area contributed by atoms with E-state index in [1.54, 1.807) is 12.3 Å². The molecule has 1 aliphatic rings. The Balaban J connectivity index is 2.26. The van der Waals surface area contributed by atoms with Crippen molar-refractivity contribution >= 4 is 27.7 Å². The molecule has 17 heavy (non-hydrogen) atoms. The Bertz CT molecular complexity index is 419. The fourth-order valence-electron chi connectivity index (χ4n) is 1.76. The first-order valence-corrected chi connectivity index (χ1v) is 6.21. The minimum absolute atomic E-state index is 0.351. The highest BCUT2D eigenvalue weighted by molar-refractivity contribution is 9.10. The maximum atomic E-state index is 11.6. The number of pyridine rings is 1. The summed E-state index contributed by atoms with van der Waals surface area (Å²) < 4.78 is 5.39. The van der Waals surface area contributed by atoms with E-state index in [0.717, 1.165) is 32.0 Å². The van der Waals surface area contributed by atoms with Gasteiger partial charge in [-0.2, -0.15) is 0 Å². The standard InChI is InChI=1S/C11H14BrN3O2/c1-17-11(16)8-6-10(14-7-9(8)12)15-4-2-13-3-5-15/h6-7,13H,2-5H2,1H3. The Hall–Kier alpha value is -1.14. The van der Waals surface area contributed by atoms with E-state index in [9.17, 15) is 4.79 Å². The molecule has 0 saturated carbocycles. The number of piperazine rings is 1. The molecule has 0 unspecified atom stereocenters. The van der Waals surface area contributed by atoms with E-state index in [4.69, 9.17) is 4.74 Å². The van der Waals surface area contributed by atoms with Crippen molar-refractivity contribution in [3.63, 3.8) is 0 Å². The second kappa shape index (κ2) is 5.46. The Morgan fingerprint density at radius 3 is 2.88 bits per heavy atom. The number of ether oxygens (including phenoxy) is 1. The first-order chi connectivity index (χ1) is 8.22. The van der Waals surface area contributed by atoms with Gasteiger partial charge in [0.1, 0.15) is 5.82 Å². The highest BCUT2D eigenvalue weighted by atomic mass is 79.9. The van der Waals surface area contributed by atoms with Crippen LogP contribution in [0.3, 0.4) is 0 Å². The van der Waals surface area contributed by atoms with Crippen LogP contribution in [0.15, 0.2) is 16.7 Å². The molecule has 1 fully saturated rings. The SMILES string of the molecule is COC(=O)c1cc(N2CCNCC2)ncc1Br. The van der Waals surface area contributed by atoms with E-state index < -0.39 is 0 Å². The zero-order chi connectivity index (χ0) is 12.3. The molecule has 0 amide bonds. The quantitative estimate of drug-likeness (QED) is 0.827. The number of hydrogen-bond donors (Lipinski definition) is 1. The summed E-state index contributed by atoms with van der Waals surface area (Å²) in [6.07, 6.45) is 1.64. The predicted molar refractivity (Wildman–Crippen MR) is 68.4 cm³/mol. The van der Waals surface area contributed by atoms with Crippen molar-refractivity contribution in [2.24, 2.45) is 0 Å². The van der Waals surface area contributed by atoms with Gasteiger partial charge in [0.05, 0.1) is 17.1 Å². The molecule has 92 valence electrons. The molecule has 1 aromatic heterocycles. The average molecular weight is 300 g/mol. The number of carbonyl (C=O) groups excluding carboxylic acids is 1. The summed E-state index contributed by atoms with van der Waals surface area (Å²) in [4.78, 5) is 18.0. The lowest BCUT2D eigenvalue weighted by atomic mass is 10.2. The molecule has 0 aromatic carbocycles. The number of esters is 1. The fourth-order valence-corrected chi connectivity index (χ4v) is 2.14. The number of aromatic nitrogens is 1. The van der Waals surface area contributed by atoms with Crippen molar-refractivity contribution in [2.75, 3.05) is 38.2 Å². The van der Waals surface area contributed by atoms with Crippen molar-refractivity contribution in [3.05, 3.63) is 22.3 Å². The summed E-state index contributed by atoms with van der Waals surface area (Å²) in [7, 11) is 1.37. The zero-order valence-electron chi connectivity index (χ0n) is 9.57. The van der Waals surface area contributed by atoms with Gasteiger partial charge < -0.3 is 15.0 Å². The lowest BCUT2D eigenvalue weighted by Crippen LogP contribution is -2.43. The number of halogens is 1. The van der Waals surface area contributed by atoms with E-state index in [1.807, 2.05) is 0 Å². The van der Waals surface area contributed by atoms with Crippen molar-refractivity contribution in [2.45, 2.75) is 0 Å². The normalized spacial score (nSPS) is 15.8. The molecule has 0 aliphatic carbocycles. The van der Waals surface area contributed by atoms with Crippen LogP contribution in [0.5, 0.6) is 0 Å². The van der Waals surface area contributed by atoms with E-state index in [-0.39, 0.29) is 5.97 Å². The molecule has 1 saturated heterocycles. The maximum Gasteiger partial charge on any atom is 0.339 e. The molecule has 1 aromatic rings. The number of anilines is 1. The molecule has 1 N–H and O–H groups in total. The Morgan fingerprint density at radius 2 is 2.24 bits per heavy atom. The second-order valence-electron chi connectivity index (χ2n) is 3.75. The van der Waals surface area contributed by atoms with Gasteiger partial charge in [-0.05, 0) is 22.0 Å². The Kier molecular flexibility index (Phi) is 3.96. The van der Waals surface area contributed by atoms with Crippen molar-refractivity contribution in [3.8, 4) is 0 Å². The van der Waals surface area contributed by atoms with Gasteiger partial charge >= 0.3 is 5.97 Å². The Labute approximate surface area is 108 Å². The van der Waals surface area contributed by atoms with Gasteiger partial charge in [-0.15, -0.1) is 0 Å². The van der Waals surface area contributed by atoms with E-state index in [0.29, 0.717) is 10.0 Å².